The van der Waals surface area contributed by atoms with Crippen LogP contribution in [0.5, 0.6) is 5.75 Å². The number of ether oxygens (including phenoxy) is 1. The number of unbranched alkanes of at least 4 members (excludes halogenated alkanes) is 1. The van der Waals surface area contributed by atoms with Gasteiger partial charge in [-0.3, -0.25) is 4.79 Å². The van der Waals surface area contributed by atoms with E-state index in [9.17, 15) is 19.5 Å². The normalized spacial score (nSPS) is 10.5. The zero-order valence-electron chi connectivity index (χ0n) is 18.7. The lowest BCUT2D eigenvalue weighted by molar-refractivity contribution is -0.116. The molecule has 7 heteroatoms. The van der Waals surface area contributed by atoms with Crippen LogP contribution in [0.1, 0.15) is 51.1 Å². The highest BCUT2D eigenvalue weighted by Crippen LogP contribution is 2.18. The minimum atomic E-state index is -1.37. The minimum Gasteiger partial charge on any atom is -0.494 e. The molecule has 1 amide bonds. The number of hydrogen-bond donors (Lipinski definition) is 3. The molecule has 34 heavy (non-hydrogen) atoms. The largest absolute Gasteiger partial charge is 0.494 e. The van der Waals surface area contributed by atoms with Crippen LogP contribution in [0.15, 0.2) is 72.8 Å². The van der Waals surface area contributed by atoms with Crippen molar-refractivity contribution in [3.05, 3.63) is 95.1 Å². The van der Waals surface area contributed by atoms with Gasteiger partial charge in [0.2, 0.25) is 5.91 Å². The van der Waals surface area contributed by atoms with E-state index in [1.54, 1.807) is 0 Å². The van der Waals surface area contributed by atoms with E-state index in [-0.39, 0.29) is 29.1 Å². The summed E-state index contributed by atoms with van der Waals surface area (Å²) in [7, 11) is 0. The Balaban J connectivity index is 1.40. The number of carboxylic acids is 2. The lowest BCUT2D eigenvalue weighted by Gasteiger charge is -2.09. The van der Waals surface area contributed by atoms with Gasteiger partial charge in [-0.25, -0.2) is 9.59 Å². The molecule has 0 aromatic heterocycles. The second-order valence-electron chi connectivity index (χ2n) is 7.85. The van der Waals surface area contributed by atoms with Crippen molar-refractivity contribution in [2.24, 2.45) is 0 Å². The molecule has 0 spiro atoms. The number of hydrogen-bond acceptors (Lipinski definition) is 4. The van der Waals surface area contributed by atoms with Crippen molar-refractivity contribution in [2.45, 2.75) is 32.1 Å². The van der Waals surface area contributed by atoms with Crippen LogP contribution in [0.25, 0.3) is 0 Å². The highest BCUT2D eigenvalue weighted by molar-refractivity contribution is 6.03. The predicted octanol–water partition coefficient (Wildman–Crippen LogP) is 5.06. The van der Waals surface area contributed by atoms with Crippen molar-refractivity contribution < 1.29 is 29.3 Å². The molecule has 3 N–H and O–H groups in total. The van der Waals surface area contributed by atoms with Crippen LogP contribution in [0.4, 0.5) is 5.69 Å². The quantitative estimate of drug-likeness (QED) is 0.325. The maximum atomic E-state index is 12.3. The highest BCUT2D eigenvalue weighted by atomic mass is 16.5. The van der Waals surface area contributed by atoms with E-state index >= 15 is 0 Å². The monoisotopic (exact) mass is 461 g/mol. The Morgan fingerprint density at radius 1 is 0.735 bits per heavy atom. The molecule has 0 atom stereocenters. The van der Waals surface area contributed by atoms with Crippen molar-refractivity contribution in [1.82, 2.24) is 0 Å². The van der Waals surface area contributed by atoms with Gasteiger partial charge in [-0.2, -0.15) is 0 Å². The average Bonchev–Trinajstić information content (AvgIpc) is 2.83. The van der Waals surface area contributed by atoms with E-state index in [1.807, 2.05) is 42.5 Å². The molecule has 0 heterocycles. The molecule has 0 aliphatic carbocycles. The molecule has 0 radical (unpaired) electrons. The zero-order valence-corrected chi connectivity index (χ0v) is 18.7. The van der Waals surface area contributed by atoms with Gasteiger partial charge in [0, 0.05) is 12.1 Å². The number of aryl methyl sites for hydroxylation is 2. The fourth-order valence-corrected chi connectivity index (χ4v) is 3.49. The first-order valence-electron chi connectivity index (χ1n) is 11.1. The van der Waals surface area contributed by atoms with Gasteiger partial charge in [-0.05, 0) is 67.1 Å². The van der Waals surface area contributed by atoms with Crippen molar-refractivity contribution in [2.75, 3.05) is 11.9 Å². The van der Waals surface area contributed by atoms with Gasteiger partial charge in [0.1, 0.15) is 5.75 Å². The van der Waals surface area contributed by atoms with Crippen molar-refractivity contribution >= 4 is 23.5 Å². The topological polar surface area (TPSA) is 113 Å². The SMILES string of the molecule is O=C(CCc1ccc(OCCCCc2ccccc2)cc1)Nc1ccc(C(=O)O)c(C(=O)O)c1. The predicted molar refractivity (Wildman–Crippen MR) is 129 cm³/mol. The number of nitrogens with one attached hydrogen (secondary N) is 1. The van der Waals surface area contributed by atoms with Gasteiger partial charge >= 0.3 is 11.9 Å². The maximum Gasteiger partial charge on any atom is 0.336 e. The summed E-state index contributed by atoms with van der Waals surface area (Å²) in [5.41, 5.74) is 1.84. The van der Waals surface area contributed by atoms with E-state index in [4.69, 9.17) is 9.84 Å². The van der Waals surface area contributed by atoms with Crippen LogP contribution >= 0.6 is 0 Å². The Morgan fingerprint density at radius 2 is 1.41 bits per heavy atom. The first kappa shape index (κ1) is 24.5. The molecule has 0 saturated heterocycles. The Bertz CT molecular complexity index is 1130. The van der Waals surface area contributed by atoms with Gasteiger partial charge < -0.3 is 20.3 Å². The summed E-state index contributed by atoms with van der Waals surface area (Å²) in [4.78, 5) is 34.7. The smallest absolute Gasteiger partial charge is 0.336 e. The number of carbonyl (C=O) groups excluding carboxylic acids is 1. The van der Waals surface area contributed by atoms with Gasteiger partial charge in [0.15, 0.2) is 0 Å². The summed E-state index contributed by atoms with van der Waals surface area (Å²) in [5, 5.41) is 20.9. The average molecular weight is 462 g/mol. The van der Waals surface area contributed by atoms with E-state index < -0.39 is 11.9 Å². The van der Waals surface area contributed by atoms with E-state index in [0.717, 1.165) is 36.6 Å². The van der Waals surface area contributed by atoms with Crippen LogP contribution < -0.4 is 10.1 Å². The van der Waals surface area contributed by atoms with E-state index in [1.165, 1.54) is 17.7 Å². The first-order valence-corrected chi connectivity index (χ1v) is 11.1. The molecule has 0 fully saturated rings. The lowest BCUT2D eigenvalue weighted by atomic mass is 10.1. The van der Waals surface area contributed by atoms with Crippen molar-refractivity contribution in [3.8, 4) is 5.75 Å². The van der Waals surface area contributed by atoms with Crippen molar-refractivity contribution in [1.29, 1.82) is 0 Å². The highest BCUT2D eigenvalue weighted by Gasteiger charge is 2.17. The number of aromatic carboxylic acids is 2. The number of rotatable bonds is 12. The molecule has 0 bridgehead atoms. The summed E-state index contributed by atoms with van der Waals surface area (Å²) in [6, 6.07) is 21.6. The minimum absolute atomic E-state index is 0.197. The molecule has 3 aromatic rings. The molecule has 3 aromatic carbocycles. The zero-order chi connectivity index (χ0) is 24.3. The molecule has 0 saturated carbocycles. The summed E-state index contributed by atoms with van der Waals surface area (Å²) in [6.07, 6.45) is 3.76. The van der Waals surface area contributed by atoms with Crippen LogP contribution in [-0.2, 0) is 17.6 Å². The van der Waals surface area contributed by atoms with E-state index in [0.29, 0.717) is 13.0 Å². The van der Waals surface area contributed by atoms with Gasteiger partial charge in [-0.15, -0.1) is 0 Å². The third kappa shape index (κ3) is 7.48. The number of anilines is 1. The molecule has 7 nitrogen and oxygen atoms in total. The van der Waals surface area contributed by atoms with Crippen molar-refractivity contribution in [3.63, 3.8) is 0 Å². The number of carboxylic acid groups (broad SMARTS) is 2. The van der Waals surface area contributed by atoms with Crippen LogP contribution in [0.2, 0.25) is 0 Å². The first-order chi connectivity index (χ1) is 16.4. The molecule has 3 rings (SSSR count). The van der Waals surface area contributed by atoms with Gasteiger partial charge in [-0.1, -0.05) is 42.5 Å². The maximum absolute atomic E-state index is 12.3. The summed E-state index contributed by atoms with van der Waals surface area (Å²) in [5.74, 6) is -2.22. The molecule has 0 aliphatic heterocycles. The van der Waals surface area contributed by atoms with Gasteiger partial charge in [0.25, 0.3) is 0 Å². The second kappa shape index (κ2) is 12.2. The third-order valence-corrected chi connectivity index (χ3v) is 5.30. The Hall–Kier alpha value is -4.13. The standard InChI is InChI=1S/C27H27NO6/c29-25(28-21-12-15-23(26(30)31)24(18-21)27(32)33)16-11-20-9-13-22(14-10-20)34-17-5-4-8-19-6-2-1-3-7-19/h1-3,6-7,9-10,12-15,18H,4-5,8,11,16-17H2,(H,28,29)(H,30,31)(H,32,33). The number of carbonyl (C=O) groups is 3. The summed E-state index contributed by atoms with van der Waals surface area (Å²) >= 11 is 0. The summed E-state index contributed by atoms with van der Waals surface area (Å²) in [6.45, 7) is 0.646. The number of amides is 1. The van der Waals surface area contributed by atoms with Crippen LogP contribution in [-0.4, -0.2) is 34.7 Å². The lowest BCUT2D eigenvalue weighted by Crippen LogP contribution is -2.14. The Kier molecular flexibility index (Phi) is 8.80. The second-order valence-corrected chi connectivity index (χ2v) is 7.85. The molecule has 0 unspecified atom stereocenters. The fraction of sp³-hybridized carbons (Fsp3) is 0.222. The third-order valence-electron chi connectivity index (χ3n) is 5.30. The molecule has 176 valence electrons. The van der Waals surface area contributed by atoms with Crippen LogP contribution in [0.3, 0.4) is 0 Å². The Labute approximate surface area is 198 Å². The number of benzene rings is 3. The van der Waals surface area contributed by atoms with Crippen LogP contribution in [0, 0.1) is 0 Å². The molecule has 0 aliphatic rings. The summed E-state index contributed by atoms with van der Waals surface area (Å²) < 4.78 is 5.79. The molecular formula is C27H27NO6. The van der Waals surface area contributed by atoms with Gasteiger partial charge in [0.05, 0.1) is 17.7 Å². The van der Waals surface area contributed by atoms with E-state index in [2.05, 4.69) is 17.4 Å². The molecular weight excluding hydrogens is 434 g/mol. The fourth-order valence-electron chi connectivity index (χ4n) is 3.49. The Morgan fingerprint density at radius 3 is 2.09 bits per heavy atom.